The molecule has 236 valence electrons. The van der Waals surface area contributed by atoms with Gasteiger partial charge in [0.1, 0.15) is 5.82 Å². The van der Waals surface area contributed by atoms with E-state index in [1.807, 2.05) is 40.6 Å². The molecule has 13 heteroatoms. The SMILES string of the molecule is O=C(Nc1ccc(N2CCCN(C(=O)Cc3cccs3)CC2)nc1)c1oc(N2CCC(c3ccccc3)CC2)nc1C(F)(F)F. The maximum absolute atomic E-state index is 13.9. The quantitative estimate of drug-likeness (QED) is 0.263. The van der Waals surface area contributed by atoms with Crippen molar-refractivity contribution in [3.8, 4) is 0 Å². The van der Waals surface area contributed by atoms with Crippen molar-refractivity contribution in [1.29, 1.82) is 0 Å². The highest BCUT2D eigenvalue weighted by molar-refractivity contribution is 7.10. The number of aromatic nitrogens is 2. The number of oxazole rings is 1. The highest BCUT2D eigenvalue weighted by atomic mass is 32.1. The fraction of sp³-hybridized carbons (Fsp3) is 0.375. The predicted octanol–water partition coefficient (Wildman–Crippen LogP) is 6.07. The number of thiophene rings is 1. The maximum atomic E-state index is 13.9. The van der Waals surface area contributed by atoms with Crippen LogP contribution in [0, 0.1) is 0 Å². The first-order valence-electron chi connectivity index (χ1n) is 14.9. The molecule has 4 aromatic rings. The minimum absolute atomic E-state index is 0.0933. The molecule has 0 atom stereocenters. The van der Waals surface area contributed by atoms with Gasteiger partial charge in [0, 0.05) is 44.1 Å². The Kier molecular flexibility index (Phi) is 9.06. The first-order valence-corrected chi connectivity index (χ1v) is 15.8. The molecule has 45 heavy (non-hydrogen) atoms. The fourth-order valence-electron chi connectivity index (χ4n) is 5.82. The van der Waals surface area contributed by atoms with Crippen LogP contribution in [-0.4, -0.2) is 66.0 Å². The van der Waals surface area contributed by atoms with E-state index in [2.05, 4.69) is 32.3 Å². The Morgan fingerprint density at radius 2 is 1.73 bits per heavy atom. The molecule has 5 heterocycles. The summed E-state index contributed by atoms with van der Waals surface area (Å²) in [5.74, 6) is -0.894. The molecule has 9 nitrogen and oxygen atoms in total. The monoisotopic (exact) mass is 638 g/mol. The Bertz CT molecular complexity index is 1590. The molecule has 0 bridgehead atoms. The van der Waals surface area contributed by atoms with Gasteiger partial charge in [-0.25, -0.2) is 4.98 Å². The van der Waals surface area contributed by atoms with E-state index in [9.17, 15) is 22.8 Å². The summed E-state index contributed by atoms with van der Waals surface area (Å²) in [6, 6.07) is 17.0. The van der Waals surface area contributed by atoms with Crippen LogP contribution in [0.2, 0.25) is 0 Å². The van der Waals surface area contributed by atoms with Gasteiger partial charge in [-0.2, -0.15) is 18.2 Å². The van der Waals surface area contributed by atoms with Crippen LogP contribution in [0.25, 0.3) is 0 Å². The molecular formula is C32H33F3N6O3S. The average Bonchev–Trinajstić information content (AvgIpc) is 3.67. The van der Waals surface area contributed by atoms with Crippen molar-refractivity contribution in [2.45, 2.75) is 37.8 Å². The number of carbonyl (C=O) groups excluding carboxylic acids is 2. The number of nitrogens with zero attached hydrogens (tertiary/aromatic N) is 5. The molecule has 0 unspecified atom stereocenters. The first-order chi connectivity index (χ1) is 21.7. The first kappa shape index (κ1) is 30.6. The molecular weight excluding hydrogens is 605 g/mol. The lowest BCUT2D eigenvalue weighted by molar-refractivity contribution is -0.141. The van der Waals surface area contributed by atoms with Gasteiger partial charge in [-0.3, -0.25) is 9.59 Å². The zero-order chi connectivity index (χ0) is 31.4. The molecule has 0 radical (unpaired) electrons. The number of pyridine rings is 1. The molecule has 0 saturated carbocycles. The van der Waals surface area contributed by atoms with Crippen LogP contribution in [-0.2, 0) is 17.4 Å². The number of benzene rings is 1. The molecule has 2 aliphatic rings. The minimum atomic E-state index is -4.87. The third kappa shape index (κ3) is 7.30. The number of nitrogens with one attached hydrogen (secondary N) is 1. The molecule has 2 aliphatic heterocycles. The van der Waals surface area contributed by atoms with Crippen LogP contribution in [0.4, 0.5) is 30.7 Å². The van der Waals surface area contributed by atoms with Gasteiger partial charge in [-0.1, -0.05) is 36.4 Å². The third-order valence-corrected chi connectivity index (χ3v) is 9.09. The van der Waals surface area contributed by atoms with Gasteiger partial charge in [-0.15, -0.1) is 11.3 Å². The van der Waals surface area contributed by atoms with E-state index in [0.717, 1.165) is 24.1 Å². The summed E-state index contributed by atoms with van der Waals surface area (Å²) in [7, 11) is 0. The summed E-state index contributed by atoms with van der Waals surface area (Å²) in [6.45, 7) is 3.41. The van der Waals surface area contributed by atoms with Crippen LogP contribution < -0.4 is 15.1 Å². The predicted molar refractivity (Wildman–Crippen MR) is 166 cm³/mol. The van der Waals surface area contributed by atoms with Gasteiger partial charge < -0.3 is 24.4 Å². The van der Waals surface area contributed by atoms with Crippen molar-refractivity contribution in [2.24, 2.45) is 0 Å². The fourth-order valence-corrected chi connectivity index (χ4v) is 6.52. The number of piperidine rings is 1. The van der Waals surface area contributed by atoms with Gasteiger partial charge in [0.25, 0.3) is 11.9 Å². The lowest BCUT2D eigenvalue weighted by atomic mass is 9.90. The topological polar surface area (TPSA) is 94.8 Å². The van der Waals surface area contributed by atoms with E-state index < -0.39 is 23.5 Å². The second kappa shape index (κ2) is 13.3. The van der Waals surface area contributed by atoms with Crippen molar-refractivity contribution >= 4 is 40.7 Å². The van der Waals surface area contributed by atoms with Crippen LogP contribution in [0.5, 0.6) is 0 Å². The summed E-state index contributed by atoms with van der Waals surface area (Å²) in [5, 5.41) is 4.43. The lowest BCUT2D eigenvalue weighted by Gasteiger charge is -2.31. The molecule has 2 fully saturated rings. The van der Waals surface area contributed by atoms with Crippen LogP contribution in [0.1, 0.15) is 51.9 Å². The van der Waals surface area contributed by atoms with Crippen molar-refractivity contribution in [2.75, 3.05) is 54.4 Å². The zero-order valence-electron chi connectivity index (χ0n) is 24.5. The summed E-state index contributed by atoms with van der Waals surface area (Å²) in [5.41, 5.74) is 0.0616. The minimum Gasteiger partial charge on any atom is -0.417 e. The molecule has 2 saturated heterocycles. The normalized spacial score (nSPS) is 16.5. The molecule has 0 aliphatic carbocycles. The molecule has 2 amide bonds. The molecule has 0 spiro atoms. The van der Waals surface area contributed by atoms with Gasteiger partial charge in [0.05, 0.1) is 18.3 Å². The highest BCUT2D eigenvalue weighted by Gasteiger charge is 2.42. The van der Waals surface area contributed by atoms with Gasteiger partial charge in [-0.05, 0) is 54.3 Å². The lowest BCUT2D eigenvalue weighted by Crippen LogP contribution is -2.36. The number of hydrogen-bond donors (Lipinski definition) is 1. The standard InChI is InChI=1S/C32H33F3N6O3S/c33-32(34,35)29-28(44-31(38-29)41-15-11-23(12-16-41)22-6-2-1-3-7-22)30(43)37-24-9-10-26(36-21-24)39-13-5-14-40(18-17-39)27(42)20-25-8-4-19-45-25/h1-4,6-10,19,21,23H,5,11-18,20H2,(H,37,43). The van der Waals surface area contributed by atoms with Crippen molar-refractivity contribution in [3.05, 3.63) is 88.1 Å². The van der Waals surface area contributed by atoms with Crippen LogP contribution in [0.3, 0.4) is 0 Å². The smallest absolute Gasteiger partial charge is 0.417 e. The third-order valence-electron chi connectivity index (χ3n) is 8.21. The Hall–Kier alpha value is -4.39. The number of amides is 2. The zero-order valence-corrected chi connectivity index (χ0v) is 25.3. The molecule has 1 N–H and O–H groups in total. The summed E-state index contributed by atoms with van der Waals surface area (Å²) < 4.78 is 47.2. The van der Waals surface area contributed by atoms with Crippen molar-refractivity contribution < 1.29 is 27.2 Å². The van der Waals surface area contributed by atoms with E-state index in [0.29, 0.717) is 57.4 Å². The average molecular weight is 639 g/mol. The van der Waals surface area contributed by atoms with E-state index in [1.54, 1.807) is 28.4 Å². The van der Waals surface area contributed by atoms with E-state index >= 15 is 0 Å². The number of alkyl halides is 3. The summed E-state index contributed by atoms with van der Waals surface area (Å²) >= 11 is 1.57. The molecule has 3 aromatic heterocycles. The van der Waals surface area contributed by atoms with Crippen LogP contribution >= 0.6 is 11.3 Å². The van der Waals surface area contributed by atoms with Crippen molar-refractivity contribution in [1.82, 2.24) is 14.9 Å². The summed E-state index contributed by atoms with van der Waals surface area (Å²) in [6.07, 6.45) is -0.850. The Labute approximate surface area is 262 Å². The molecule has 1 aromatic carbocycles. The molecule has 6 rings (SSSR count). The second-order valence-corrected chi connectivity index (χ2v) is 12.2. The van der Waals surface area contributed by atoms with E-state index in [1.165, 1.54) is 11.8 Å². The number of carbonyl (C=O) groups is 2. The number of halogens is 3. The van der Waals surface area contributed by atoms with Gasteiger partial charge >= 0.3 is 6.18 Å². The summed E-state index contributed by atoms with van der Waals surface area (Å²) in [4.78, 5) is 40.5. The Balaban J connectivity index is 1.08. The largest absolute Gasteiger partial charge is 0.437 e. The second-order valence-electron chi connectivity index (χ2n) is 11.2. The van der Waals surface area contributed by atoms with Gasteiger partial charge in [0.15, 0.2) is 5.69 Å². The number of anilines is 3. The van der Waals surface area contributed by atoms with E-state index in [-0.39, 0.29) is 17.6 Å². The Morgan fingerprint density at radius 1 is 0.933 bits per heavy atom. The number of rotatable bonds is 7. The maximum Gasteiger partial charge on any atom is 0.437 e. The van der Waals surface area contributed by atoms with Crippen molar-refractivity contribution in [3.63, 3.8) is 0 Å². The number of hydrogen-bond acceptors (Lipinski definition) is 8. The van der Waals surface area contributed by atoms with Crippen LogP contribution in [0.15, 0.2) is 70.6 Å². The highest BCUT2D eigenvalue weighted by Crippen LogP contribution is 2.36. The van der Waals surface area contributed by atoms with Gasteiger partial charge in [0.2, 0.25) is 11.7 Å². The Morgan fingerprint density at radius 3 is 2.42 bits per heavy atom. The van der Waals surface area contributed by atoms with E-state index in [4.69, 9.17) is 4.42 Å².